The van der Waals surface area contributed by atoms with E-state index in [0.29, 0.717) is 0 Å². The minimum absolute atomic E-state index is 0. The van der Waals surface area contributed by atoms with Crippen molar-refractivity contribution in [3.63, 3.8) is 0 Å². The summed E-state index contributed by atoms with van der Waals surface area (Å²) < 4.78 is 0. The van der Waals surface area contributed by atoms with Gasteiger partial charge in [-0.25, -0.2) is 10.9 Å². The molecule has 1 aliphatic heterocycles. The Morgan fingerprint density at radius 3 is 1.12 bits per heavy atom. The van der Waals surface area contributed by atoms with Crippen LogP contribution in [0.4, 0.5) is 0 Å². The molecule has 1 saturated heterocycles. The minimum atomic E-state index is -0.601. The Bertz CT molecular complexity index is 409. The van der Waals surface area contributed by atoms with Crippen LogP contribution in [-0.2, 0) is 4.79 Å². The summed E-state index contributed by atoms with van der Waals surface area (Å²) in [5.41, 5.74) is 25.6. The predicted octanol–water partition coefficient (Wildman–Crippen LogP) is 2.77. The summed E-state index contributed by atoms with van der Waals surface area (Å²) in [6.45, 7) is 1.77. The standard InChI is InChI=1S/C22H51N9O2.ClH/c32-22(33)21-17-13-9-5-3-1-2-4-7-11-15-19-23-25-27-29-31-30-28-26-24-20-16-12-8-6-10-14-18-21;/h21,23-31H,1-20H2,(H,32,33);1H. The smallest absolute Gasteiger partial charge is 0.306 e. The maximum absolute atomic E-state index is 11.5. The maximum atomic E-state index is 11.5. The van der Waals surface area contributed by atoms with Gasteiger partial charge in [-0.15, -0.1) is 12.4 Å². The molecule has 0 amide bonds. The van der Waals surface area contributed by atoms with Gasteiger partial charge in [0.15, 0.2) is 0 Å². The molecule has 1 heterocycles. The quantitative estimate of drug-likeness (QED) is 0.254. The maximum Gasteiger partial charge on any atom is 0.306 e. The zero-order valence-corrected chi connectivity index (χ0v) is 21.8. The first kappa shape index (κ1) is 33.4. The number of rotatable bonds is 1. The van der Waals surface area contributed by atoms with Crippen molar-refractivity contribution in [1.29, 1.82) is 0 Å². The molecule has 0 aromatic rings. The number of carboxylic acids is 1. The molecule has 0 aromatic carbocycles. The van der Waals surface area contributed by atoms with E-state index in [1.165, 1.54) is 70.6 Å². The van der Waals surface area contributed by atoms with Crippen LogP contribution in [0.3, 0.4) is 0 Å². The third-order valence-corrected chi connectivity index (χ3v) is 6.11. The SMILES string of the molecule is Cl.O=C(O)C1CCCCCCCCCCCCNNNNNNNNNCCCCCCCC1. The fourth-order valence-corrected chi connectivity index (χ4v) is 4.09. The Morgan fingerprint density at radius 1 is 0.471 bits per heavy atom. The van der Waals surface area contributed by atoms with Gasteiger partial charge in [-0.2, -0.15) is 38.7 Å². The van der Waals surface area contributed by atoms with Crippen LogP contribution in [0.15, 0.2) is 0 Å². The minimum Gasteiger partial charge on any atom is -0.481 e. The monoisotopic (exact) mass is 509 g/mol. The average molecular weight is 510 g/mol. The highest BCUT2D eigenvalue weighted by Gasteiger charge is 2.16. The molecule has 12 heteroatoms. The summed E-state index contributed by atoms with van der Waals surface area (Å²) in [5, 5.41) is 9.50. The van der Waals surface area contributed by atoms with Crippen LogP contribution in [0.2, 0.25) is 0 Å². The second-order valence-corrected chi connectivity index (χ2v) is 9.00. The van der Waals surface area contributed by atoms with Gasteiger partial charge in [-0.1, -0.05) is 89.9 Å². The number of aliphatic carboxylic acids is 1. The van der Waals surface area contributed by atoms with Crippen LogP contribution >= 0.6 is 12.4 Å². The summed E-state index contributed by atoms with van der Waals surface area (Å²) in [6, 6.07) is 0. The van der Waals surface area contributed by atoms with Crippen molar-refractivity contribution >= 4 is 18.4 Å². The van der Waals surface area contributed by atoms with Gasteiger partial charge in [0.05, 0.1) is 5.92 Å². The molecular formula is C22H52ClN9O2. The lowest BCUT2D eigenvalue weighted by atomic mass is 9.94. The van der Waals surface area contributed by atoms with Crippen LogP contribution in [0.25, 0.3) is 0 Å². The molecule has 11 nitrogen and oxygen atoms in total. The predicted molar refractivity (Wildman–Crippen MR) is 139 cm³/mol. The molecule has 0 aliphatic carbocycles. The Kier molecular flexibility index (Phi) is 26.5. The molecule has 10 N–H and O–H groups in total. The van der Waals surface area contributed by atoms with Gasteiger partial charge in [-0.05, 0) is 25.7 Å². The molecule has 0 saturated carbocycles. The van der Waals surface area contributed by atoms with Gasteiger partial charge in [0, 0.05) is 13.1 Å². The summed E-state index contributed by atoms with van der Waals surface area (Å²) in [6.07, 6.45) is 20.9. The van der Waals surface area contributed by atoms with Gasteiger partial charge in [0.25, 0.3) is 0 Å². The topological polar surface area (TPSA) is 146 Å². The van der Waals surface area contributed by atoms with Crippen molar-refractivity contribution in [2.24, 2.45) is 5.92 Å². The first-order chi connectivity index (χ1) is 16.3. The van der Waals surface area contributed by atoms with Crippen LogP contribution < -0.4 is 49.6 Å². The molecule has 1 fully saturated rings. The molecule has 0 aromatic heterocycles. The lowest BCUT2D eigenvalue weighted by Crippen LogP contribution is -2.64. The summed E-state index contributed by atoms with van der Waals surface area (Å²) in [4.78, 5) is 11.5. The molecule has 1 unspecified atom stereocenters. The molecule has 1 atom stereocenters. The van der Waals surface area contributed by atoms with E-state index in [9.17, 15) is 9.90 Å². The molecule has 204 valence electrons. The van der Waals surface area contributed by atoms with Gasteiger partial charge in [0.1, 0.15) is 0 Å². The van der Waals surface area contributed by atoms with E-state index < -0.39 is 5.97 Å². The number of nitrogens with one attached hydrogen (secondary N) is 9. The Labute approximate surface area is 212 Å². The molecular weight excluding hydrogens is 458 g/mol. The average Bonchev–Trinajstić information content (AvgIpc) is 2.80. The van der Waals surface area contributed by atoms with Crippen molar-refractivity contribution in [1.82, 2.24) is 49.6 Å². The van der Waals surface area contributed by atoms with Gasteiger partial charge in [-0.3, -0.25) is 4.79 Å². The lowest BCUT2D eigenvalue weighted by molar-refractivity contribution is -0.142. The summed E-state index contributed by atoms with van der Waals surface area (Å²) in [7, 11) is 0. The normalized spacial score (nSPS) is 24.3. The van der Waals surface area contributed by atoms with E-state index in [1.807, 2.05) is 0 Å². The number of hydrazine groups is 8. The van der Waals surface area contributed by atoms with E-state index in [0.717, 1.165) is 58.0 Å². The van der Waals surface area contributed by atoms with E-state index in [4.69, 9.17) is 0 Å². The highest BCUT2D eigenvalue weighted by atomic mass is 35.5. The van der Waals surface area contributed by atoms with Gasteiger partial charge in [0.2, 0.25) is 0 Å². The number of carboxylic acid groups (broad SMARTS) is 1. The second-order valence-electron chi connectivity index (χ2n) is 9.00. The first-order valence-corrected chi connectivity index (χ1v) is 13.2. The number of hydrogen-bond donors (Lipinski definition) is 10. The van der Waals surface area contributed by atoms with Gasteiger partial charge < -0.3 is 5.11 Å². The zero-order chi connectivity index (χ0) is 23.7. The highest BCUT2D eigenvalue weighted by molar-refractivity contribution is 5.85. The van der Waals surface area contributed by atoms with Crippen molar-refractivity contribution in [3.8, 4) is 0 Å². The molecule has 0 radical (unpaired) electrons. The van der Waals surface area contributed by atoms with E-state index >= 15 is 0 Å². The Morgan fingerprint density at radius 2 is 0.765 bits per heavy atom. The first-order valence-electron chi connectivity index (χ1n) is 13.2. The number of carbonyl (C=O) groups is 1. The fourth-order valence-electron chi connectivity index (χ4n) is 4.09. The van der Waals surface area contributed by atoms with Crippen LogP contribution in [-0.4, -0.2) is 24.2 Å². The Balaban J connectivity index is 0.0000109. The van der Waals surface area contributed by atoms with Crippen molar-refractivity contribution in [2.75, 3.05) is 13.1 Å². The summed E-state index contributed by atoms with van der Waals surface area (Å²) >= 11 is 0. The van der Waals surface area contributed by atoms with Crippen LogP contribution in [0, 0.1) is 5.92 Å². The van der Waals surface area contributed by atoms with E-state index in [1.54, 1.807) is 0 Å². The fraction of sp³-hybridized carbons (Fsp3) is 0.955. The summed E-state index contributed by atoms with van der Waals surface area (Å²) in [5.74, 6) is -0.747. The molecule has 1 rings (SSSR count). The third-order valence-electron chi connectivity index (χ3n) is 6.11. The van der Waals surface area contributed by atoms with E-state index in [2.05, 4.69) is 49.6 Å². The molecule has 34 heavy (non-hydrogen) atoms. The van der Waals surface area contributed by atoms with Crippen LogP contribution in [0.1, 0.15) is 116 Å². The Hall–Kier alpha value is -0.600. The zero-order valence-electron chi connectivity index (χ0n) is 21.0. The number of hydrogen-bond acceptors (Lipinski definition) is 10. The second kappa shape index (κ2) is 27.0. The molecule has 0 bridgehead atoms. The third kappa shape index (κ3) is 23.2. The van der Waals surface area contributed by atoms with Crippen molar-refractivity contribution < 1.29 is 9.90 Å². The largest absolute Gasteiger partial charge is 0.481 e. The van der Waals surface area contributed by atoms with Crippen LogP contribution in [0.5, 0.6) is 0 Å². The van der Waals surface area contributed by atoms with Gasteiger partial charge >= 0.3 is 5.97 Å². The lowest BCUT2D eigenvalue weighted by Gasteiger charge is -2.13. The van der Waals surface area contributed by atoms with E-state index in [-0.39, 0.29) is 18.3 Å². The molecule has 0 spiro atoms. The molecule has 1 aliphatic rings. The van der Waals surface area contributed by atoms with Crippen molar-refractivity contribution in [2.45, 2.75) is 116 Å². The van der Waals surface area contributed by atoms with Crippen molar-refractivity contribution in [3.05, 3.63) is 0 Å². The highest BCUT2D eigenvalue weighted by Crippen LogP contribution is 2.19. The number of halogens is 1.